The van der Waals surface area contributed by atoms with Gasteiger partial charge in [-0.25, -0.2) is 9.67 Å². The molecule has 0 fully saturated rings. The summed E-state index contributed by atoms with van der Waals surface area (Å²) in [6.07, 6.45) is 0. The number of hydrogen-bond acceptors (Lipinski definition) is 6. The van der Waals surface area contributed by atoms with Crippen LogP contribution in [0.15, 0.2) is 30.3 Å². The van der Waals surface area contributed by atoms with Gasteiger partial charge in [0.25, 0.3) is 5.91 Å². The molecule has 0 aliphatic carbocycles. The number of nitrogens with zero attached hydrogens (tertiary/aromatic N) is 4. The van der Waals surface area contributed by atoms with E-state index >= 15 is 0 Å². The predicted octanol–water partition coefficient (Wildman–Crippen LogP) is 3.17. The van der Waals surface area contributed by atoms with E-state index in [0.717, 1.165) is 46.7 Å². The molecule has 32 heavy (non-hydrogen) atoms. The Hall–Kier alpha value is -3.13. The van der Waals surface area contributed by atoms with Crippen LogP contribution in [0.1, 0.15) is 36.7 Å². The minimum atomic E-state index is -0.193. The first-order valence-electron chi connectivity index (χ1n) is 11.0. The molecule has 3 rings (SSSR count). The number of aryl methyl sites for hydroxylation is 3. The summed E-state index contributed by atoms with van der Waals surface area (Å²) in [5.74, 6) is 1.04. The molecule has 2 aromatic heterocycles. The molecule has 0 saturated carbocycles. The number of amides is 1. The molecule has 0 radical (unpaired) electrons. The number of carbonyl (C=O) groups is 1. The van der Waals surface area contributed by atoms with Crippen molar-refractivity contribution in [2.75, 3.05) is 33.4 Å². The molecule has 172 valence electrons. The Labute approximate surface area is 189 Å². The Morgan fingerprint density at radius 3 is 2.66 bits per heavy atom. The third kappa shape index (κ3) is 5.19. The summed E-state index contributed by atoms with van der Waals surface area (Å²) in [4.78, 5) is 19.5. The fourth-order valence-corrected chi connectivity index (χ4v) is 4.02. The highest BCUT2D eigenvalue weighted by molar-refractivity contribution is 5.85. The van der Waals surface area contributed by atoms with Gasteiger partial charge in [0.15, 0.2) is 12.3 Å². The second-order valence-electron chi connectivity index (χ2n) is 7.81. The lowest BCUT2D eigenvalue weighted by molar-refractivity contribution is -0.123. The summed E-state index contributed by atoms with van der Waals surface area (Å²) in [6, 6.07) is 9.99. The Balaban J connectivity index is 1.69. The highest BCUT2D eigenvalue weighted by atomic mass is 16.5. The van der Waals surface area contributed by atoms with Crippen LogP contribution in [0, 0.1) is 13.8 Å². The van der Waals surface area contributed by atoms with Crippen LogP contribution in [0.2, 0.25) is 0 Å². The van der Waals surface area contributed by atoms with Crippen molar-refractivity contribution in [1.29, 1.82) is 0 Å². The van der Waals surface area contributed by atoms with Gasteiger partial charge in [0.2, 0.25) is 5.88 Å². The first-order valence-corrected chi connectivity index (χ1v) is 11.0. The van der Waals surface area contributed by atoms with Crippen LogP contribution < -0.4 is 14.8 Å². The highest BCUT2D eigenvalue weighted by Gasteiger charge is 2.20. The van der Waals surface area contributed by atoms with Crippen LogP contribution >= 0.6 is 0 Å². The average Bonchev–Trinajstić information content (AvgIpc) is 3.10. The fraction of sp³-hybridized carbons (Fsp3) is 0.458. The standard InChI is InChI=1S/C24H33N5O3/c1-7-29(8-2)20(18-10-9-11-19(13-18)31-6)14-25-21(30)15-32-24-22-16(3)12-17(4)26-23(22)28(5)27-24/h9-13,20H,7-8,14-15H2,1-6H3,(H,25,30). The minimum absolute atomic E-state index is 0.0363. The quantitative estimate of drug-likeness (QED) is 0.523. The third-order valence-corrected chi connectivity index (χ3v) is 5.65. The topological polar surface area (TPSA) is 81.5 Å². The monoisotopic (exact) mass is 439 g/mol. The van der Waals surface area contributed by atoms with Crippen molar-refractivity contribution in [1.82, 2.24) is 25.0 Å². The van der Waals surface area contributed by atoms with Crippen LogP contribution in [0.25, 0.3) is 11.0 Å². The van der Waals surface area contributed by atoms with E-state index in [1.807, 2.05) is 45.2 Å². The molecule has 0 bridgehead atoms. The van der Waals surface area contributed by atoms with Crippen molar-refractivity contribution in [2.24, 2.45) is 7.05 Å². The largest absolute Gasteiger partial charge is 0.497 e. The van der Waals surface area contributed by atoms with Gasteiger partial charge in [-0.2, -0.15) is 0 Å². The summed E-state index contributed by atoms with van der Waals surface area (Å²) >= 11 is 0. The maximum absolute atomic E-state index is 12.6. The number of likely N-dealkylation sites (N-methyl/N-ethyl adjacent to an activating group) is 1. The number of ether oxygens (including phenoxy) is 2. The van der Waals surface area contributed by atoms with Gasteiger partial charge in [-0.05, 0) is 56.3 Å². The maximum atomic E-state index is 12.6. The molecule has 2 heterocycles. The van der Waals surface area contributed by atoms with Crippen molar-refractivity contribution in [3.63, 3.8) is 0 Å². The molecule has 1 amide bonds. The number of benzene rings is 1. The number of rotatable bonds is 10. The molecule has 3 aromatic rings. The Bertz CT molecular complexity index is 1070. The molecule has 1 N–H and O–H groups in total. The van der Waals surface area contributed by atoms with Crippen molar-refractivity contribution in [3.8, 4) is 11.6 Å². The number of fused-ring (bicyclic) bond motifs is 1. The van der Waals surface area contributed by atoms with Crippen LogP contribution in [0.5, 0.6) is 11.6 Å². The first kappa shape index (κ1) is 23.5. The predicted molar refractivity (Wildman–Crippen MR) is 125 cm³/mol. The van der Waals surface area contributed by atoms with E-state index in [-0.39, 0.29) is 18.6 Å². The second kappa shape index (κ2) is 10.5. The van der Waals surface area contributed by atoms with Crippen LogP contribution in [-0.2, 0) is 11.8 Å². The van der Waals surface area contributed by atoms with Crippen LogP contribution in [0.4, 0.5) is 0 Å². The highest BCUT2D eigenvalue weighted by Crippen LogP contribution is 2.27. The van der Waals surface area contributed by atoms with Gasteiger partial charge in [0.1, 0.15) is 5.75 Å². The van der Waals surface area contributed by atoms with E-state index in [2.05, 4.69) is 40.2 Å². The smallest absolute Gasteiger partial charge is 0.258 e. The van der Waals surface area contributed by atoms with E-state index in [1.165, 1.54) is 0 Å². The second-order valence-corrected chi connectivity index (χ2v) is 7.81. The van der Waals surface area contributed by atoms with E-state index in [9.17, 15) is 4.79 Å². The minimum Gasteiger partial charge on any atom is -0.497 e. The molecule has 8 nitrogen and oxygen atoms in total. The van der Waals surface area contributed by atoms with Crippen molar-refractivity contribution < 1.29 is 14.3 Å². The summed E-state index contributed by atoms with van der Waals surface area (Å²) in [7, 11) is 3.48. The summed E-state index contributed by atoms with van der Waals surface area (Å²) in [5, 5.41) is 8.27. The van der Waals surface area contributed by atoms with Gasteiger partial charge < -0.3 is 14.8 Å². The van der Waals surface area contributed by atoms with Gasteiger partial charge in [-0.3, -0.25) is 9.69 Å². The summed E-state index contributed by atoms with van der Waals surface area (Å²) in [6.45, 7) is 10.3. The van der Waals surface area contributed by atoms with Crippen LogP contribution in [-0.4, -0.2) is 58.9 Å². The summed E-state index contributed by atoms with van der Waals surface area (Å²) < 4.78 is 12.9. The maximum Gasteiger partial charge on any atom is 0.258 e. The Morgan fingerprint density at radius 1 is 1.22 bits per heavy atom. The van der Waals surface area contributed by atoms with E-state index in [4.69, 9.17) is 9.47 Å². The molecule has 0 spiro atoms. The van der Waals surface area contributed by atoms with Gasteiger partial charge in [-0.15, -0.1) is 5.10 Å². The Kier molecular flexibility index (Phi) is 7.69. The first-order chi connectivity index (χ1) is 15.4. The van der Waals surface area contributed by atoms with Crippen molar-refractivity contribution in [3.05, 3.63) is 47.2 Å². The zero-order valence-corrected chi connectivity index (χ0v) is 19.8. The van der Waals surface area contributed by atoms with Crippen molar-refractivity contribution >= 4 is 16.9 Å². The number of pyridine rings is 1. The van der Waals surface area contributed by atoms with E-state index in [0.29, 0.717) is 12.4 Å². The SMILES string of the molecule is CCN(CC)C(CNC(=O)COc1nn(C)c2nc(C)cc(C)c12)c1cccc(OC)c1. The van der Waals surface area contributed by atoms with Gasteiger partial charge in [-0.1, -0.05) is 26.0 Å². The van der Waals surface area contributed by atoms with Gasteiger partial charge >= 0.3 is 0 Å². The average molecular weight is 440 g/mol. The van der Waals surface area contributed by atoms with E-state index < -0.39 is 0 Å². The molecular formula is C24H33N5O3. The van der Waals surface area contributed by atoms with Gasteiger partial charge in [0, 0.05) is 19.3 Å². The lowest BCUT2D eigenvalue weighted by atomic mass is 10.0. The lowest BCUT2D eigenvalue weighted by Crippen LogP contribution is -2.39. The number of hydrogen-bond donors (Lipinski definition) is 1. The zero-order valence-electron chi connectivity index (χ0n) is 19.8. The molecule has 0 aliphatic rings. The number of carbonyl (C=O) groups excluding carboxylic acids is 1. The molecule has 0 saturated heterocycles. The van der Waals surface area contributed by atoms with Crippen molar-refractivity contribution in [2.45, 2.75) is 33.7 Å². The number of methoxy groups -OCH3 is 1. The normalized spacial score (nSPS) is 12.2. The lowest BCUT2D eigenvalue weighted by Gasteiger charge is -2.30. The molecule has 0 aliphatic heterocycles. The fourth-order valence-electron chi connectivity index (χ4n) is 4.02. The Morgan fingerprint density at radius 2 is 1.97 bits per heavy atom. The number of aromatic nitrogens is 3. The molecule has 1 aromatic carbocycles. The zero-order chi connectivity index (χ0) is 23.3. The molecule has 1 unspecified atom stereocenters. The molecule has 1 atom stereocenters. The van der Waals surface area contributed by atoms with E-state index in [1.54, 1.807) is 11.8 Å². The number of nitrogens with one attached hydrogen (secondary N) is 1. The summed E-state index contributed by atoms with van der Waals surface area (Å²) in [5.41, 5.74) is 3.79. The van der Waals surface area contributed by atoms with Crippen LogP contribution in [0.3, 0.4) is 0 Å². The van der Waals surface area contributed by atoms with Gasteiger partial charge in [0.05, 0.1) is 18.5 Å². The molecular weight excluding hydrogens is 406 g/mol. The molecule has 8 heteroatoms. The third-order valence-electron chi connectivity index (χ3n) is 5.65.